The number of amides is 1. The van der Waals surface area contributed by atoms with Crippen molar-refractivity contribution in [3.63, 3.8) is 0 Å². The minimum atomic E-state index is -3.42. The van der Waals surface area contributed by atoms with E-state index in [4.69, 9.17) is 5.73 Å². The summed E-state index contributed by atoms with van der Waals surface area (Å²) in [5, 5.41) is 2.94. The van der Waals surface area contributed by atoms with Gasteiger partial charge in [0.1, 0.15) is 4.21 Å². The molecule has 150 valence electrons. The predicted octanol–water partition coefficient (Wildman–Crippen LogP) is 2.38. The number of hydrogen-bond donors (Lipinski definition) is 2. The van der Waals surface area contributed by atoms with Crippen LogP contribution >= 0.6 is 23.7 Å². The van der Waals surface area contributed by atoms with Crippen molar-refractivity contribution in [2.45, 2.75) is 56.2 Å². The van der Waals surface area contributed by atoms with Crippen molar-refractivity contribution in [3.05, 3.63) is 17.0 Å². The third kappa shape index (κ3) is 6.49. The number of carbonyl (C=O) groups is 1. The van der Waals surface area contributed by atoms with Crippen molar-refractivity contribution in [1.29, 1.82) is 0 Å². The van der Waals surface area contributed by atoms with Crippen LogP contribution in [0.3, 0.4) is 0 Å². The zero-order valence-electron chi connectivity index (χ0n) is 15.4. The van der Waals surface area contributed by atoms with Gasteiger partial charge in [-0.05, 0) is 37.3 Å². The summed E-state index contributed by atoms with van der Waals surface area (Å²) in [6.07, 6.45) is 3.93. The maximum atomic E-state index is 12.7. The van der Waals surface area contributed by atoms with Gasteiger partial charge in [-0.3, -0.25) is 4.79 Å². The number of carbonyl (C=O) groups excluding carboxylic acids is 1. The maximum absolute atomic E-state index is 12.7. The van der Waals surface area contributed by atoms with Gasteiger partial charge in [-0.1, -0.05) is 20.3 Å². The summed E-state index contributed by atoms with van der Waals surface area (Å²) >= 11 is 1.19. The van der Waals surface area contributed by atoms with Crippen LogP contribution < -0.4 is 11.1 Å². The van der Waals surface area contributed by atoms with E-state index in [9.17, 15) is 13.2 Å². The van der Waals surface area contributed by atoms with E-state index in [2.05, 4.69) is 19.2 Å². The Balaban J connectivity index is 0.00000338. The number of halogens is 1. The zero-order valence-corrected chi connectivity index (χ0v) is 17.9. The molecule has 1 aromatic rings. The molecule has 2 heterocycles. The Bertz CT molecular complexity index is 671. The van der Waals surface area contributed by atoms with Gasteiger partial charge in [0.2, 0.25) is 5.91 Å². The number of nitrogens with zero attached hydrogens (tertiary/aromatic N) is 1. The number of sulfonamides is 1. The van der Waals surface area contributed by atoms with Gasteiger partial charge in [-0.25, -0.2) is 8.42 Å². The fourth-order valence-electron chi connectivity index (χ4n) is 3.04. The standard InChI is InChI=1S/C17H29N3O3S2.ClH/c1-13(2)10-14(12-18)19-16(21)11-15-6-7-17(24-15)25(22,23)20-8-4-3-5-9-20;/h6-7,13-14H,3-5,8-12,18H2,1-2H3,(H,19,21);1H. The number of nitrogens with one attached hydrogen (secondary N) is 1. The summed E-state index contributed by atoms with van der Waals surface area (Å²) in [7, 11) is -3.42. The topological polar surface area (TPSA) is 92.5 Å². The third-order valence-corrected chi connectivity index (χ3v) is 7.74. The van der Waals surface area contributed by atoms with Crippen LogP contribution in [0.5, 0.6) is 0 Å². The summed E-state index contributed by atoms with van der Waals surface area (Å²) in [4.78, 5) is 13.0. The lowest BCUT2D eigenvalue weighted by atomic mass is 10.0. The van der Waals surface area contributed by atoms with Crippen molar-refractivity contribution in [3.8, 4) is 0 Å². The Labute approximate surface area is 167 Å². The first kappa shape index (κ1) is 23.4. The highest BCUT2D eigenvalue weighted by Crippen LogP contribution is 2.27. The van der Waals surface area contributed by atoms with E-state index in [1.54, 1.807) is 16.4 Å². The molecule has 3 N–H and O–H groups in total. The quantitative estimate of drug-likeness (QED) is 0.671. The van der Waals surface area contributed by atoms with Crippen LogP contribution in [-0.4, -0.2) is 44.3 Å². The lowest BCUT2D eigenvalue weighted by Gasteiger charge is -2.25. The zero-order chi connectivity index (χ0) is 18.4. The monoisotopic (exact) mass is 423 g/mol. The van der Waals surface area contributed by atoms with Crippen LogP contribution in [0, 0.1) is 5.92 Å². The highest BCUT2D eigenvalue weighted by molar-refractivity contribution is 7.91. The van der Waals surface area contributed by atoms with E-state index in [-0.39, 0.29) is 30.8 Å². The van der Waals surface area contributed by atoms with Crippen molar-refractivity contribution in [2.24, 2.45) is 11.7 Å². The molecular formula is C17H30ClN3O3S2. The Morgan fingerprint density at radius 3 is 2.50 bits per heavy atom. The smallest absolute Gasteiger partial charge is 0.252 e. The summed E-state index contributed by atoms with van der Waals surface area (Å²) < 4.78 is 27.2. The fourth-order valence-corrected chi connectivity index (χ4v) is 6.07. The molecule has 0 saturated carbocycles. The number of rotatable bonds is 8. The molecule has 2 rings (SSSR count). The van der Waals surface area contributed by atoms with Gasteiger partial charge in [0, 0.05) is 30.6 Å². The molecule has 0 aliphatic carbocycles. The Hall–Kier alpha value is -0.670. The average Bonchev–Trinajstić information content (AvgIpc) is 3.03. The number of thiophene rings is 1. The van der Waals surface area contributed by atoms with Crippen LogP contribution in [0.25, 0.3) is 0 Å². The molecule has 1 saturated heterocycles. The van der Waals surface area contributed by atoms with Crippen molar-refractivity contribution in [2.75, 3.05) is 19.6 Å². The summed E-state index contributed by atoms with van der Waals surface area (Å²) in [5.41, 5.74) is 5.71. The van der Waals surface area contributed by atoms with Crippen LogP contribution in [0.1, 0.15) is 44.4 Å². The second kappa shape index (κ2) is 10.6. The van der Waals surface area contributed by atoms with E-state index in [0.29, 0.717) is 29.8 Å². The lowest BCUT2D eigenvalue weighted by molar-refractivity contribution is -0.121. The van der Waals surface area contributed by atoms with Gasteiger partial charge in [-0.15, -0.1) is 23.7 Å². The molecule has 0 bridgehead atoms. The molecule has 1 aromatic heterocycles. The van der Waals surface area contributed by atoms with Crippen LogP contribution in [-0.2, 0) is 21.2 Å². The average molecular weight is 424 g/mol. The van der Waals surface area contributed by atoms with Gasteiger partial charge in [0.25, 0.3) is 10.0 Å². The summed E-state index contributed by atoms with van der Waals surface area (Å²) in [5.74, 6) is 0.344. The molecule has 6 nitrogen and oxygen atoms in total. The SMILES string of the molecule is CC(C)CC(CN)NC(=O)Cc1ccc(S(=O)(=O)N2CCCCC2)s1.Cl. The first-order chi connectivity index (χ1) is 11.8. The van der Waals surface area contributed by atoms with Crippen molar-refractivity contribution < 1.29 is 13.2 Å². The van der Waals surface area contributed by atoms with Crippen LogP contribution in [0.4, 0.5) is 0 Å². The second-order valence-electron chi connectivity index (χ2n) is 6.99. The minimum absolute atomic E-state index is 0. The molecule has 1 unspecified atom stereocenters. The van der Waals surface area contributed by atoms with Gasteiger partial charge < -0.3 is 11.1 Å². The fraction of sp³-hybridized carbons (Fsp3) is 0.706. The second-order valence-corrected chi connectivity index (χ2v) is 10.3. The van der Waals surface area contributed by atoms with Crippen molar-refractivity contribution >= 4 is 39.7 Å². The number of piperidine rings is 1. The van der Waals surface area contributed by atoms with E-state index >= 15 is 0 Å². The molecule has 1 aliphatic heterocycles. The molecule has 0 aromatic carbocycles. The molecule has 0 spiro atoms. The first-order valence-corrected chi connectivity index (χ1v) is 11.2. The highest BCUT2D eigenvalue weighted by Gasteiger charge is 2.27. The molecule has 1 aliphatic rings. The van der Waals surface area contributed by atoms with Gasteiger partial charge >= 0.3 is 0 Å². The normalized spacial score (nSPS) is 16.9. The van der Waals surface area contributed by atoms with Gasteiger partial charge in [-0.2, -0.15) is 4.31 Å². The molecule has 1 atom stereocenters. The van der Waals surface area contributed by atoms with E-state index in [0.717, 1.165) is 30.6 Å². The van der Waals surface area contributed by atoms with Gasteiger partial charge in [0.15, 0.2) is 0 Å². The Morgan fingerprint density at radius 1 is 1.27 bits per heavy atom. The minimum Gasteiger partial charge on any atom is -0.352 e. The number of hydrogen-bond acceptors (Lipinski definition) is 5. The number of nitrogens with two attached hydrogens (primary N) is 1. The molecule has 9 heteroatoms. The molecule has 0 radical (unpaired) electrons. The Kier molecular flexibility index (Phi) is 9.54. The maximum Gasteiger partial charge on any atom is 0.252 e. The molecule has 26 heavy (non-hydrogen) atoms. The first-order valence-electron chi connectivity index (χ1n) is 8.91. The van der Waals surface area contributed by atoms with Crippen LogP contribution in [0.15, 0.2) is 16.3 Å². The van der Waals surface area contributed by atoms with Gasteiger partial charge in [0.05, 0.1) is 6.42 Å². The van der Waals surface area contributed by atoms with Crippen LogP contribution in [0.2, 0.25) is 0 Å². The summed E-state index contributed by atoms with van der Waals surface area (Å²) in [6, 6.07) is 3.32. The predicted molar refractivity (Wildman–Crippen MR) is 108 cm³/mol. The molecule has 1 fully saturated rings. The van der Waals surface area contributed by atoms with Crippen molar-refractivity contribution in [1.82, 2.24) is 9.62 Å². The van der Waals surface area contributed by atoms with E-state index in [1.165, 1.54) is 11.3 Å². The molecular weight excluding hydrogens is 394 g/mol. The highest BCUT2D eigenvalue weighted by atomic mass is 35.5. The van der Waals surface area contributed by atoms with E-state index in [1.807, 2.05) is 0 Å². The van der Waals surface area contributed by atoms with E-state index < -0.39 is 10.0 Å². The molecule has 1 amide bonds. The largest absolute Gasteiger partial charge is 0.352 e. The Morgan fingerprint density at radius 2 is 1.92 bits per heavy atom. The third-order valence-electron chi connectivity index (χ3n) is 4.29. The lowest BCUT2D eigenvalue weighted by Crippen LogP contribution is -2.41. The summed E-state index contributed by atoms with van der Waals surface area (Å²) in [6.45, 7) is 5.76.